The summed E-state index contributed by atoms with van der Waals surface area (Å²) in [4.78, 5) is 16.9. The summed E-state index contributed by atoms with van der Waals surface area (Å²) in [6.45, 7) is 2.53. The second-order valence-corrected chi connectivity index (χ2v) is 6.71. The molecule has 1 aliphatic rings. The molecule has 25 heavy (non-hydrogen) atoms. The van der Waals surface area contributed by atoms with Crippen LogP contribution in [0.15, 0.2) is 42.6 Å². The van der Waals surface area contributed by atoms with Gasteiger partial charge in [-0.15, -0.1) is 0 Å². The molecule has 5 nitrogen and oxygen atoms in total. The Morgan fingerprint density at radius 1 is 1.36 bits per heavy atom. The van der Waals surface area contributed by atoms with E-state index < -0.39 is 6.10 Å². The lowest BCUT2D eigenvalue weighted by atomic mass is 10.00. The van der Waals surface area contributed by atoms with Crippen LogP contribution in [0.25, 0.3) is 0 Å². The van der Waals surface area contributed by atoms with Crippen molar-refractivity contribution in [2.24, 2.45) is 5.41 Å². The Morgan fingerprint density at radius 2 is 2.16 bits per heavy atom. The topological polar surface area (TPSA) is 71.5 Å². The number of hydrogen-bond donors (Lipinski definition) is 2. The number of aryl methyl sites for hydroxylation is 1. The van der Waals surface area contributed by atoms with Gasteiger partial charge < -0.3 is 15.2 Å². The highest BCUT2D eigenvalue weighted by Gasteiger charge is 2.49. The van der Waals surface area contributed by atoms with Crippen LogP contribution in [0.4, 0.5) is 5.69 Å². The first-order valence-electron chi connectivity index (χ1n) is 8.56. The molecule has 1 saturated carbocycles. The van der Waals surface area contributed by atoms with Gasteiger partial charge in [-0.3, -0.25) is 9.78 Å². The Bertz CT molecular complexity index is 742. The van der Waals surface area contributed by atoms with Crippen molar-refractivity contribution < 1.29 is 14.6 Å². The van der Waals surface area contributed by atoms with E-state index in [0.29, 0.717) is 17.9 Å². The van der Waals surface area contributed by atoms with Crippen LogP contribution in [-0.4, -0.2) is 29.7 Å². The Kier molecular flexibility index (Phi) is 5.16. The van der Waals surface area contributed by atoms with Gasteiger partial charge in [0.1, 0.15) is 6.10 Å². The normalized spacial score (nSPS) is 16.3. The third kappa shape index (κ3) is 3.89. The minimum atomic E-state index is -0.819. The minimum Gasteiger partial charge on any atom is -0.385 e. The fourth-order valence-corrected chi connectivity index (χ4v) is 2.95. The largest absolute Gasteiger partial charge is 0.385 e. The Hall–Kier alpha value is -2.24. The fourth-order valence-electron chi connectivity index (χ4n) is 2.95. The van der Waals surface area contributed by atoms with Crippen molar-refractivity contribution in [1.29, 1.82) is 0 Å². The molecule has 0 saturated heterocycles. The number of benzene rings is 1. The molecule has 1 atom stereocenters. The van der Waals surface area contributed by atoms with Gasteiger partial charge >= 0.3 is 0 Å². The SMILES string of the molecule is COCCC1(C(=O)Nc2cc([C@@H](O)c3ccccn3)ccc2C)CC1. The molecule has 2 aromatic rings. The number of nitrogens with zero attached hydrogens (tertiary/aromatic N) is 1. The lowest BCUT2D eigenvalue weighted by Gasteiger charge is -2.18. The lowest BCUT2D eigenvalue weighted by Crippen LogP contribution is -2.26. The van der Waals surface area contributed by atoms with E-state index in [-0.39, 0.29) is 11.3 Å². The molecule has 1 aliphatic carbocycles. The summed E-state index contributed by atoms with van der Waals surface area (Å²) in [5, 5.41) is 13.6. The summed E-state index contributed by atoms with van der Waals surface area (Å²) in [5.41, 5.74) is 2.70. The van der Waals surface area contributed by atoms with Gasteiger partial charge in [-0.1, -0.05) is 18.2 Å². The molecule has 1 heterocycles. The summed E-state index contributed by atoms with van der Waals surface area (Å²) in [6.07, 6.45) is 3.38. The van der Waals surface area contributed by atoms with Crippen molar-refractivity contribution in [2.45, 2.75) is 32.3 Å². The maximum atomic E-state index is 12.7. The van der Waals surface area contributed by atoms with Crippen molar-refractivity contribution in [1.82, 2.24) is 4.98 Å². The van der Waals surface area contributed by atoms with E-state index in [1.54, 1.807) is 19.4 Å². The molecular weight excluding hydrogens is 316 g/mol. The molecule has 0 bridgehead atoms. The number of amides is 1. The van der Waals surface area contributed by atoms with Gasteiger partial charge in [0.25, 0.3) is 0 Å². The molecule has 0 radical (unpaired) electrons. The van der Waals surface area contributed by atoms with E-state index in [1.807, 2.05) is 37.3 Å². The number of nitrogens with one attached hydrogen (secondary N) is 1. The van der Waals surface area contributed by atoms with E-state index in [4.69, 9.17) is 4.74 Å². The number of hydrogen-bond acceptors (Lipinski definition) is 4. The maximum absolute atomic E-state index is 12.7. The summed E-state index contributed by atoms with van der Waals surface area (Å²) < 4.78 is 5.12. The Morgan fingerprint density at radius 3 is 2.80 bits per heavy atom. The lowest BCUT2D eigenvalue weighted by molar-refractivity contribution is -0.121. The molecule has 1 amide bonds. The van der Waals surface area contributed by atoms with Gasteiger partial charge in [0.05, 0.1) is 11.1 Å². The number of carbonyl (C=O) groups is 1. The van der Waals surface area contributed by atoms with Crippen molar-refractivity contribution in [3.63, 3.8) is 0 Å². The Balaban J connectivity index is 1.77. The second-order valence-electron chi connectivity index (χ2n) is 6.71. The first kappa shape index (κ1) is 17.6. The quantitative estimate of drug-likeness (QED) is 0.812. The molecule has 5 heteroatoms. The maximum Gasteiger partial charge on any atom is 0.230 e. The van der Waals surface area contributed by atoms with E-state index >= 15 is 0 Å². The molecule has 1 fully saturated rings. The fraction of sp³-hybridized carbons (Fsp3) is 0.400. The zero-order valence-electron chi connectivity index (χ0n) is 14.7. The van der Waals surface area contributed by atoms with Crippen LogP contribution in [0.2, 0.25) is 0 Å². The van der Waals surface area contributed by atoms with Crippen LogP contribution in [0.1, 0.15) is 42.2 Å². The van der Waals surface area contributed by atoms with E-state index in [0.717, 1.165) is 30.5 Å². The Labute approximate surface area is 148 Å². The average Bonchev–Trinajstić information content (AvgIpc) is 3.43. The van der Waals surface area contributed by atoms with Crippen molar-refractivity contribution in [3.8, 4) is 0 Å². The summed E-state index contributed by atoms with van der Waals surface area (Å²) in [7, 11) is 1.65. The van der Waals surface area contributed by atoms with Crippen molar-refractivity contribution >= 4 is 11.6 Å². The minimum absolute atomic E-state index is 0.0390. The molecular formula is C20H24N2O3. The van der Waals surface area contributed by atoms with Crippen molar-refractivity contribution in [3.05, 3.63) is 59.4 Å². The zero-order chi connectivity index (χ0) is 17.9. The monoisotopic (exact) mass is 340 g/mol. The first-order valence-corrected chi connectivity index (χ1v) is 8.56. The third-order valence-corrected chi connectivity index (χ3v) is 4.91. The molecule has 2 N–H and O–H groups in total. The highest BCUT2D eigenvalue weighted by molar-refractivity contribution is 5.97. The van der Waals surface area contributed by atoms with Gasteiger partial charge in [-0.2, -0.15) is 0 Å². The third-order valence-electron chi connectivity index (χ3n) is 4.91. The first-order chi connectivity index (χ1) is 12.1. The summed E-state index contributed by atoms with van der Waals surface area (Å²) >= 11 is 0. The van der Waals surface area contributed by atoms with E-state index in [9.17, 15) is 9.90 Å². The smallest absolute Gasteiger partial charge is 0.230 e. The van der Waals surface area contributed by atoms with Gasteiger partial charge in [-0.25, -0.2) is 0 Å². The van der Waals surface area contributed by atoms with Gasteiger partial charge in [-0.05, 0) is 55.5 Å². The number of rotatable bonds is 7. The predicted octanol–water partition coefficient (Wildman–Crippen LogP) is 3.23. The number of ether oxygens (including phenoxy) is 1. The van der Waals surface area contributed by atoms with Crippen LogP contribution in [0, 0.1) is 12.3 Å². The molecule has 1 aromatic heterocycles. The van der Waals surface area contributed by atoms with E-state index in [2.05, 4.69) is 10.3 Å². The number of aliphatic hydroxyl groups excluding tert-OH is 1. The molecule has 0 spiro atoms. The predicted molar refractivity (Wildman–Crippen MR) is 96.3 cm³/mol. The van der Waals surface area contributed by atoms with Crippen LogP contribution < -0.4 is 5.32 Å². The van der Waals surface area contributed by atoms with Crippen LogP contribution in [-0.2, 0) is 9.53 Å². The average molecular weight is 340 g/mol. The number of aromatic nitrogens is 1. The zero-order valence-corrected chi connectivity index (χ0v) is 14.7. The summed E-state index contributed by atoms with van der Waals surface area (Å²) in [6, 6.07) is 11.0. The van der Waals surface area contributed by atoms with Gasteiger partial charge in [0, 0.05) is 25.6 Å². The second kappa shape index (κ2) is 7.33. The number of aliphatic hydroxyl groups is 1. The molecule has 0 unspecified atom stereocenters. The molecule has 0 aliphatic heterocycles. The summed E-state index contributed by atoms with van der Waals surface area (Å²) in [5.74, 6) is 0.0390. The number of methoxy groups -OCH3 is 1. The molecule has 1 aromatic carbocycles. The standard InChI is InChI=1S/C20H24N2O3/c1-14-6-7-15(18(23)16-5-3-4-11-21-16)13-17(14)22-19(24)20(8-9-20)10-12-25-2/h3-7,11,13,18,23H,8-10,12H2,1-2H3,(H,22,24)/t18-/m1/s1. The highest BCUT2D eigenvalue weighted by Crippen LogP contribution is 2.49. The van der Waals surface area contributed by atoms with Crippen LogP contribution in [0.5, 0.6) is 0 Å². The van der Waals surface area contributed by atoms with Crippen molar-refractivity contribution in [2.75, 3.05) is 19.0 Å². The van der Waals surface area contributed by atoms with Gasteiger partial charge in [0.15, 0.2) is 0 Å². The van der Waals surface area contributed by atoms with Crippen LogP contribution >= 0.6 is 0 Å². The molecule has 132 valence electrons. The molecule has 3 rings (SSSR count). The number of pyridine rings is 1. The number of carbonyl (C=O) groups excluding carboxylic acids is 1. The van der Waals surface area contributed by atoms with E-state index in [1.165, 1.54) is 0 Å². The van der Waals surface area contributed by atoms with Gasteiger partial charge in [0.2, 0.25) is 5.91 Å². The highest BCUT2D eigenvalue weighted by atomic mass is 16.5. The number of anilines is 1. The van der Waals surface area contributed by atoms with Crippen LogP contribution in [0.3, 0.4) is 0 Å².